The number of aliphatic hydroxyl groups is 2. The van der Waals surface area contributed by atoms with Gasteiger partial charge in [0.1, 0.15) is 0 Å². The summed E-state index contributed by atoms with van der Waals surface area (Å²) < 4.78 is 0. The van der Waals surface area contributed by atoms with Gasteiger partial charge in [0.15, 0.2) is 0 Å². The molecule has 0 aromatic carbocycles. The van der Waals surface area contributed by atoms with Gasteiger partial charge in [-0.05, 0) is 61.7 Å². The predicted octanol–water partition coefficient (Wildman–Crippen LogP) is 5.11. The molecule has 0 aromatic heterocycles. The lowest BCUT2D eigenvalue weighted by atomic mass is 9.70. The molecule has 0 bridgehead atoms. The van der Waals surface area contributed by atoms with Crippen molar-refractivity contribution in [2.75, 3.05) is 13.2 Å². The summed E-state index contributed by atoms with van der Waals surface area (Å²) in [6.07, 6.45) is 9.97. The quantitative estimate of drug-likeness (QED) is 0.609. The van der Waals surface area contributed by atoms with Crippen molar-refractivity contribution in [1.82, 2.24) is 0 Å². The van der Waals surface area contributed by atoms with Gasteiger partial charge < -0.3 is 10.2 Å². The number of aliphatic hydroxyl groups excluding tert-OH is 2. The first-order chi connectivity index (χ1) is 10.7. The Balaban J connectivity index is 2.69. The molecule has 1 aliphatic rings. The molecule has 2 nitrogen and oxygen atoms in total. The van der Waals surface area contributed by atoms with Crippen molar-refractivity contribution in [2.24, 2.45) is 22.7 Å². The van der Waals surface area contributed by atoms with E-state index in [-0.39, 0.29) is 30.5 Å². The number of hydrogen-bond acceptors (Lipinski definition) is 2. The summed E-state index contributed by atoms with van der Waals surface area (Å²) in [4.78, 5) is 0. The first-order valence-corrected chi connectivity index (χ1v) is 9.26. The maximum atomic E-state index is 9.59. The summed E-state index contributed by atoms with van der Waals surface area (Å²) in [7, 11) is 0. The lowest BCUT2D eigenvalue weighted by Gasteiger charge is -2.36. The maximum absolute atomic E-state index is 9.59. The normalized spacial score (nSPS) is 23.8. The summed E-state index contributed by atoms with van der Waals surface area (Å²) >= 11 is 0. The topological polar surface area (TPSA) is 40.5 Å². The van der Waals surface area contributed by atoms with E-state index in [2.05, 4.69) is 53.7 Å². The van der Waals surface area contributed by atoms with Crippen LogP contribution in [0, 0.1) is 22.7 Å². The Bertz CT molecular complexity index is 429. The molecule has 2 atom stereocenters. The summed E-state index contributed by atoms with van der Waals surface area (Å²) in [6, 6.07) is 0. The van der Waals surface area contributed by atoms with Crippen molar-refractivity contribution < 1.29 is 10.2 Å². The van der Waals surface area contributed by atoms with Gasteiger partial charge in [-0.25, -0.2) is 0 Å². The minimum Gasteiger partial charge on any atom is -0.396 e. The molecule has 2 heteroatoms. The Morgan fingerprint density at radius 1 is 1.17 bits per heavy atom. The standard InChI is InChI=1S/C21H38O2/c1-7-20(3,4)16(2)9-8-12-21(5,6)19-11-10-17(14-22)18(13-19)15-23/h9,11,17-18,22-23H,7-8,10,12-15H2,1-6H3. The molecule has 0 aliphatic heterocycles. The van der Waals surface area contributed by atoms with Crippen LogP contribution in [-0.2, 0) is 0 Å². The lowest BCUT2D eigenvalue weighted by Crippen LogP contribution is -2.29. The van der Waals surface area contributed by atoms with Crippen LogP contribution in [0.2, 0.25) is 0 Å². The van der Waals surface area contributed by atoms with Crippen LogP contribution in [-0.4, -0.2) is 23.4 Å². The molecule has 23 heavy (non-hydrogen) atoms. The minimum absolute atomic E-state index is 0.168. The zero-order valence-electron chi connectivity index (χ0n) is 16.2. The summed E-state index contributed by atoms with van der Waals surface area (Å²) in [5, 5.41) is 19.0. The predicted molar refractivity (Wildman–Crippen MR) is 99.3 cm³/mol. The Morgan fingerprint density at radius 3 is 2.30 bits per heavy atom. The average molecular weight is 323 g/mol. The van der Waals surface area contributed by atoms with Gasteiger partial charge in [0.05, 0.1) is 0 Å². The molecular formula is C21H38O2. The minimum atomic E-state index is 0.168. The van der Waals surface area contributed by atoms with E-state index in [1.165, 1.54) is 17.6 Å². The molecular weight excluding hydrogens is 284 g/mol. The molecule has 1 rings (SSSR count). The van der Waals surface area contributed by atoms with Gasteiger partial charge in [0.25, 0.3) is 0 Å². The molecule has 2 N–H and O–H groups in total. The van der Waals surface area contributed by atoms with E-state index in [0.29, 0.717) is 5.41 Å². The Morgan fingerprint density at radius 2 is 1.78 bits per heavy atom. The molecule has 0 saturated heterocycles. The average Bonchev–Trinajstić information content (AvgIpc) is 2.53. The van der Waals surface area contributed by atoms with Gasteiger partial charge in [0.2, 0.25) is 0 Å². The number of hydrogen-bond donors (Lipinski definition) is 2. The van der Waals surface area contributed by atoms with Crippen molar-refractivity contribution in [2.45, 2.75) is 73.6 Å². The third kappa shape index (κ3) is 5.46. The molecule has 0 fully saturated rings. The van der Waals surface area contributed by atoms with Crippen molar-refractivity contribution in [3.05, 3.63) is 23.3 Å². The van der Waals surface area contributed by atoms with Crippen LogP contribution in [0.25, 0.3) is 0 Å². The maximum Gasteiger partial charge on any atom is 0.0465 e. The van der Waals surface area contributed by atoms with Crippen LogP contribution >= 0.6 is 0 Å². The molecule has 0 aromatic rings. The zero-order valence-corrected chi connectivity index (χ0v) is 16.2. The molecule has 0 heterocycles. The molecule has 134 valence electrons. The van der Waals surface area contributed by atoms with Crippen LogP contribution in [0.3, 0.4) is 0 Å². The smallest absolute Gasteiger partial charge is 0.0465 e. The second-order valence-corrected chi connectivity index (χ2v) is 8.60. The molecule has 0 amide bonds. The van der Waals surface area contributed by atoms with Crippen molar-refractivity contribution in [1.29, 1.82) is 0 Å². The summed E-state index contributed by atoms with van der Waals surface area (Å²) in [5.41, 5.74) is 3.41. The van der Waals surface area contributed by atoms with E-state index >= 15 is 0 Å². The van der Waals surface area contributed by atoms with Crippen LogP contribution < -0.4 is 0 Å². The van der Waals surface area contributed by atoms with E-state index in [1.54, 1.807) is 0 Å². The van der Waals surface area contributed by atoms with Gasteiger partial charge in [-0.15, -0.1) is 0 Å². The Kier molecular flexibility index (Phi) is 7.54. The fourth-order valence-electron chi connectivity index (χ4n) is 3.37. The number of allylic oxidation sites excluding steroid dienone is 4. The van der Waals surface area contributed by atoms with Crippen molar-refractivity contribution in [3.8, 4) is 0 Å². The zero-order chi connectivity index (χ0) is 17.7. The Labute approximate surface area is 143 Å². The second kappa shape index (κ2) is 8.48. The lowest BCUT2D eigenvalue weighted by molar-refractivity contribution is 0.109. The highest BCUT2D eigenvalue weighted by atomic mass is 16.3. The molecule has 0 spiro atoms. The summed E-state index contributed by atoms with van der Waals surface area (Å²) in [6.45, 7) is 14.1. The summed E-state index contributed by atoms with van der Waals surface area (Å²) in [5.74, 6) is 0.447. The van der Waals surface area contributed by atoms with Gasteiger partial charge in [-0.3, -0.25) is 0 Å². The highest BCUT2D eigenvalue weighted by molar-refractivity contribution is 5.17. The van der Waals surface area contributed by atoms with Crippen LogP contribution in [0.5, 0.6) is 0 Å². The largest absolute Gasteiger partial charge is 0.396 e. The molecule has 2 unspecified atom stereocenters. The third-order valence-electron chi connectivity index (χ3n) is 6.33. The van der Waals surface area contributed by atoms with E-state index in [1.807, 2.05) is 0 Å². The van der Waals surface area contributed by atoms with Crippen LogP contribution in [0.15, 0.2) is 23.3 Å². The second-order valence-electron chi connectivity index (χ2n) is 8.60. The van der Waals surface area contributed by atoms with E-state index in [0.717, 1.165) is 25.7 Å². The van der Waals surface area contributed by atoms with Crippen LogP contribution in [0.4, 0.5) is 0 Å². The fraction of sp³-hybridized carbons (Fsp3) is 0.810. The van der Waals surface area contributed by atoms with Gasteiger partial charge in [-0.1, -0.05) is 57.9 Å². The van der Waals surface area contributed by atoms with Gasteiger partial charge in [-0.2, -0.15) is 0 Å². The Hall–Kier alpha value is -0.600. The molecule has 0 radical (unpaired) electrons. The van der Waals surface area contributed by atoms with E-state index in [9.17, 15) is 10.2 Å². The highest BCUT2D eigenvalue weighted by Gasteiger charge is 2.31. The van der Waals surface area contributed by atoms with E-state index < -0.39 is 0 Å². The third-order valence-corrected chi connectivity index (χ3v) is 6.33. The van der Waals surface area contributed by atoms with Gasteiger partial charge >= 0.3 is 0 Å². The first-order valence-electron chi connectivity index (χ1n) is 9.26. The first kappa shape index (κ1) is 20.4. The van der Waals surface area contributed by atoms with Crippen molar-refractivity contribution >= 4 is 0 Å². The SMILES string of the molecule is CCC(C)(C)C(C)=CCCC(C)(C)C1=CCC(CO)C(CO)C1. The van der Waals surface area contributed by atoms with Crippen molar-refractivity contribution in [3.63, 3.8) is 0 Å². The molecule has 0 saturated carbocycles. The van der Waals surface area contributed by atoms with Gasteiger partial charge in [0, 0.05) is 13.2 Å². The monoisotopic (exact) mass is 322 g/mol. The van der Waals surface area contributed by atoms with E-state index in [4.69, 9.17) is 0 Å². The fourth-order valence-corrected chi connectivity index (χ4v) is 3.37. The number of rotatable bonds is 8. The van der Waals surface area contributed by atoms with Crippen LogP contribution in [0.1, 0.15) is 73.6 Å². The molecule has 1 aliphatic carbocycles. The highest BCUT2D eigenvalue weighted by Crippen LogP contribution is 2.41.